The molecule has 0 unspecified atom stereocenters. The predicted octanol–water partition coefficient (Wildman–Crippen LogP) is 6.31. The Morgan fingerprint density at radius 2 is 1.24 bits per heavy atom. The molecular weight excluding hydrogens is 428 g/mol. The van der Waals surface area contributed by atoms with Crippen LogP contribution in [0.3, 0.4) is 0 Å². The number of rotatable bonds is 15. The second-order valence-corrected chi connectivity index (χ2v) is 8.16. The Hall–Kier alpha value is -3.15. The van der Waals surface area contributed by atoms with E-state index in [4.69, 9.17) is 18.9 Å². The lowest BCUT2D eigenvalue weighted by Crippen LogP contribution is -2.16. The van der Waals surface area contributed by atoms with Gasteiger partial charge < -0.3 is 23.7 Å². The highest BCUT2D eigenvalue weighted by molar-refractivity contribution is 5.49. The molecule has 0 radical (unpaired) electrons. The molecule has 0 amide bonds. The molecule has 0 saturated heterocycles. The zero-order chi connectivity index (χ0) is 24.0. The third kappa shape index (κ3) is 8.32. The summed E-state index contributed by atoms with van der Waals surface area (Å²) in [6.07, 6.45) is 3.64. The first-order chi connectivity index (χ1) is 16.7. The van der Waals surface area contributed by atoms with Gasteiger partial charge in [-0.1, -0.05) is 54.6 Å². The normalized spacial score (nSPS) is 12.6. The number of ether oxygens (including phenoxy) is 4. The van der Waals surface area contributed by atoms with Crippen LogP contribution in [-0.4, -0.2) is 26.6 Å². The van der Waals surface area contributed by atoms with Gasteiger partial charge in [0.25, 0.3) is 0 Å². The molecule has 0 aliphatic carbocycles. The van der Waals surface area contributed by atoms with Crippen LogP contribution in [0.5, 0.6) is 11.5 Å². The van der Waals surface area contributed by atoms with Gasteiger partial charge in [-0.05, 0) is 60.2 Å². The van der Waals surface area contributed by atoms with Crippen LogP contribution in [0.4, 0.5) is 0 Å². The van der Waals surface area contributed by atoms with Crippen LogP contribution in [0.25, 0.3) is 0 Å². The van der Waals surface area contributed by atoms with E-state index in [-0.39, 0.29) is 12.2 Å². The monoisotopic (exact) mass is 462 g/mol. The van der Waals surface area contributed by atoms with Crippen molar-refractivity contribution < 1.29 is 23.7 Å². The van der Waals surface area contributed by atoms with Crippen molar-refractivity contribution in [2.75, 3.05) is 14.2 Å². The van der Waals surface area contributed by atoms with Crippen molar-refractivity contribution >= 4 is 6.29 Å². The zero-order valence-electron chi connectivity index (χ0n) is 20.0. The lowest BCUT2D eigenvalue weighted by atomic mass is 10.0. The first-order valence-electron chi connectivity index (χ1n) is 11.7. The Morgan fingerprint density at radius 1 is 0.676 bits per heavy atom. The smallest absolute Gasteiger partial charge is 0.120 e. The molecule has 180 valence electrons. The fourth-order valence-electron chi connectivity index (χ4n) is 3.77. The van der Waals surface area contributed by atoms with E-state index >= 15 is 0 Å². The molecule has 0 N–H and O–H groups in total. The molecule has 0 fully saturated rings. The molecule has 0 bridgehead atoms. The van der Waals surface area contributed by atoms with E-state index < -0.39 is 0 Å². The molecule has 0 aromatic heterocycles. The van der Waals surface area contributed by atoms with Crippen LogP contribution in [-0.2, 0) is 27.5 Å². The first-order valence-corrected chi connectivity index (χ1v) is 11.7. The number of aldehydes is 1. The summed E-state index contributed by atoms with van der Waals surface area (Å²) < 4.78 is 23.0. The molecule has 0 aliphatic rings. The second-order valence-electron chi connectivity index (χ2n) is 8.16. The van der Waals surface area contributed by atoms with Crippen molar-refractivity contribution in [2.45, 2.75) is 51.1 Å². The molecule has 0 aliphatic heterocycles. The van der Waals surface area contributed by atoms with Crippen molar-refractivity contribution in [3.05, 3.63) is 95.6 Å². The third-order valence-electron chi connectivity index (χ3n) is 5.78. The summed E-state index contributed by atoms with van der Waals surface area (Å²) in [5.41, 5.74) is 3.31. The molecule has 3 aromatic carbocycles. The summed E-state index contributed by atoms with van der Waals surface area (Å²) in [7, 11) is 3.32. The van der Waals surface area contributed by atoms with Crippen molar-refractivity contribution in [3.63, 3.8) is 0 Å². The third-order valence-corrected chi connectivity index (χ3v) is 5.78. The predicted molar refractivity (Wildman–Crippen MR) is 133 cm³/mol. The van der Waals surface area contributed by atoms with Gasteiger partial charge in [0.05, 0.1) is 39.6 Å². The van der Waals surface area contributed by atoms with Crippen molar-refractivity contribution in [3.8, 4) is 11.5 Å². The minimum absolute atomic E-state index is 0.0249. The van der Waals surface area contributed by atoms with Crippen molar-refractivity contribution in [1.82, 2.24) is 0 Å². The number of carbonyl (C=O) groups is 1. The van der Waals surface area contributed by atoms with Gasteiger partial charge in [-0.3, -0.25) is 0 Å². The molecule has 2 atom stereocenters. The summed E-state index contributed by atoms with van der Waals surface area (Å²) in [6, 6.07) is 26.0. The standard InChI is InChI=1S/C29H34O5/c1-31-26-14-10-23(11-15-26)21-33-28(9-6-20-30)18-19-29(25-7-4-3-5-8-25)34-22-24-12-16-27(32-2)17-13-24/h3-5,7-8,10-17,20,28-29H,6,9,18-19,21-22H2,1-2H3/t28-,29+/m1/s1. The van der Waals surface area contributed by atoms with E-state index in [1.807, 2.05) is 66.7 Å². The Bertz CT molecular complexity index is 954. The lowest BCUT2D eigenvalue weighted by Gasteiger charge is -2.23. The molecule has 0 spiro atoms. The topological polar surface area (TPSA) is 54.0 Å². The molecule has 3 aromatic rings. The van der Waals surface area contributed by atoms with E-state index in [2.05, 4.69) is 12.1 Å². The highest BCUT2D eigenvalue weighted by Crippen LogP contribution is 2.27. The van der Waals surface area contributed by atoms with Gasteiger partial charge in [-0.25, -0.2) is 0 Å². The average molecular weight is 463 g/mol. The Morgan fingerprint density at radius 3 is 1.76 bits per heavy atom. The number of benzene rings is 3. The van der Waals surface area contributed by atoms with Gasteiger partial charge >= 0.3 is 0 Å². The van der Waals surface area contributed by atoms with Crippen LogP contribution in [0.2, 0.25) is 0 Å². The van der Waals surface area contributed by atoms with Gasteiger partial charge in [0.1, 0.15) is 17.8 Å². The summed E-state index contributed by atoms with van der Waals surface area (Å²) in [5, 5.41) is 0. The molecule has 34 heavy (non-hydrogen) atoms. The summed E-state index contributed by atoms with van der Waals surface area (Å²) in [6.45, 7) is 1.01. The Balaban J connectivity index is 1.61. The minimum atomic E-state index is -0.0633. The number of hydrogen-bond acceptors (Lipinski definition) is 5. The van der Waals surface area contributed by atoms with Gasteiger partial charge in [0.15, 0.2) is 0 Å². The second kappa shape index (κ2) is 14.2. The molecule has 3 rings (SSSR count). The van der Waals surface area contributed by atoms with Crippen LogP contribution in [0.15, 0.2) is 78.9 Å². The molecule has 5 nitrogen and oxygen atoms in total. The maximum atomic E-state index is 11.0. The van der Waals surface area contributed by atoms with E-state index in [1.165, 1.54) is 0 Å². The molecular formula is C29H34O5. The summed E-state index contributed by atoms with van der Waals surface area (Å²) in [5.74, 6) is 1.65. The van der Waals surface area contributed by atoms with Crippen LogP contribution in [0, 0.1) is 0 Å². The maximum Gasteiger partial charge on any atom is 0.120 e. The van der Waals surface area contributed by atoms with Crippen molar-refractivity contribution in [1.29, 1.82) is 0 Å². The number of methoxy groups -OCH3 is 2. The quantitative estimate of drug-likeness (QED) is 0.248. The van der Waals surface area contributed by atoms with E-state index in [0.717, 1.165) is 47.3 Å². The highest BCUT2D eigenvalue weighted by atomic mass is 16.5. The fourth-order valence-corrected chi connectivity index (χ4v) is 3.77. The number of hydrogen-bond donors (Lipinski definition) is 0. The molecule has 0 saturated carbocycles. The van der Waals surface area contributed by atoms with E-state index in [0.29, 0.717) is 26.1 Å². The minimum Gasteiger partial charge on any atom is -0.497 e. The first kappa shape index (κ1) is 25.5. The van der Waals surface area contributed by atoms with E-state index in [1.54, 1.807) is 14.2 Å². The Labute approximate surface area is 202 Å². The summed E-state index contributed by atoms with van der Waals surface area (Å²) >= 11 is 0. The van der Waals surface area contributed by atoms with Crippen LogP contribution < -0.4 is 9.47 Å². The highest BCUT2D eigenvalue weighted by Gasteiger charge is 2.17. The van der Waals surface area contributed by atoms with E-state index in [9.17, 15) is 4.79 Å². The van der Waals surface area contributed by atoms with Crippen LogP contribution >= 0.6 is 0 Å². The molecule has 5 heteroatoms. The summed E-state index contributed by atoms with van der Waals surface area (Å²) in [4.78, 5) is 11.0. The lowest BCUT2D eigenvalue weighted by molar-refractivity contribution is -0.108. The zero-order valence-corrected chi connectivity index (χ0v) is 20.0. The SMILES string of the molecule is COc1ccc(CO[C@H](CCC=O)CC[C@H](OCc2ccc(OC)cc2)c2ccccc2)cc1. The number of carbonyl (C=O) groups excluding carboxylic acids is 1. The van der Waals surface area contributed by atoms with Gasteiger partial charge in [-0.15, -0.1) is 0 Å². The fraction of sp³-hybridized carbons (Fsp3) is 0.345. The van der Waals surface area contributed by atoms with Crippen molar-refractivity contribution in [2.24, 2.45) is 0 Å². The van der Waals surface area contributed by atoms with Crippen LogP contribution in [0.1, 0.15) is 48.5 Å². The maximum absolute atomic E-state index is 11.0. The van der Waals surface area contributed by atoms with Gasteiger partial charge in [0.2, 0.25) is 0 Å². The van der Waals surface area contributed by atoms with Gasteiger partial charge in [-0.2, -0.15) is 0 Å². The average Bonchev–Trinajstić information content (AvgIpc) is 2.90. The molecule has 0 heterocycles. The largest absolute Gasteiger partial charge is 0.497 e. The van der Waals surface area contributed by atoms with Gasteiger partial charge in [0, 0.05) is 6.42 Å². The Kier molecular flexibility index (Phi) is 10.6.